The first-order valence-corrected chi connectivity index (χ1v) is 6.33. The first-order chi connectivity index (χ1) is 8.24. The number of rotatable bonds is 1. The molecule has 1 N–H and O–H groups in total. The number of H-pyrrole nitrogens is 1. The molecule has 2 nitrogen and oxygen atoms in total. The number of ketones is 1. The summed E-state index contributed by atoms with van der Waals surface area (Å²) in [6.45, 7) is 2.13. The molecule has 0 atom stereocenters. The largest absolute Gasteiger partial charge is 0.361 e. The minimum absolute atomic E-state index is 0.431. The van der Waals surface area contributed by atoms with Crippen LogP contribution in [0.15, 0.2) is 24.4 Å². The molecular formula is C15H17NO. The van der Waals surface area contributed by atoms with Gasteiger partial charge in [-0.05, 0) is 48.9 Å². The summed E-state index contributed by atoms with van der Waals surface area (Å²) in [5.74, 6) is 1.01. The second-order valence-corrected chi connectivity index (χ2v) is 5.09. The number of Topliss-reactive ketones (excluding diaryl/α,β-unsaturated/α-hetero) is 1. The van der Waals surface area contributed by atoms with Crippen LogP contribution in [0.25, 0.3) is 10.9 Å². The van der Waals surface area contributed by atoms with Gasteiger partial charge in [0.1, 0.15) is 5.78 Å². The van der Waals surface area contributed by atoms with E-state index in [1.54, 1.807) is 0 Å². The first kappa shape index (κ1) is 10.6. The highest BCUT2D eigenvalue weighted by Crippen LogP contribution is 2.33. The molecule has 1 saturated carbocycles. The summed E-state index contributed by atoms with van der Waals surface area (Å²) in [5.41, 5.74) is 3.90. The van der Waals surface area contributed by atoms with E-state index in [1.807, 2.05) is 0 Å². The Morgan fingerprint density at radius 3 is 2.76 bits per heavy atom. The topological polar surface area (TPSA) is 32.9 Å². The second kappa shape index (κ2) is 4.02. The molecule has 2 heteroatoms. The van der Waals surface area contributed by atoms with E-state index in [-0.39, 0.29) is 0 Å². The van der Waals surface area contributed by atoms with Crippen molar-refractivity contribution < 1.29 is 4.79 Å². The Kier molecular flexibility index (Phi) is 2.50. The first-order valence-electron chi connectivity index (χ1n) is 6.33. The highest BCUT2D eigenvalue weighted by molar-refractivity contribution is 5.84. The Bertz CT molecular complexity index is 557. The van der Waals surface area contributed by atoms with Crippen LogP contribution < -0.4 is 0 Å². The number of carbonyl (C=O) groups is 1. The van der Waals surface area contributed by atoms with Crippen LogP contribution in [0, 0.1) is 6.92 Å². The Labute approximate surface area is 101 Å². The summed E-state index contributed by atoms with van der Waals surface area (Å²) in [5, 5.41) is 1.32. The van der Waals surface area contributed by atoms with Crippen LogP contribution in [0.2, 0.25) is 0 Å². The lowest BCUT2D eigenvalue weighted by atomic mass is 9.83. The van der Waals surface area contributed by atoms with Crippen LogP contribution in [-0.4, -0.2) is 10.8 Å². The van der Waals surface area contributed by atoms with E-state index in [9.17, 15) is 4.79 Å². The molecule has 0 bridgehead atoms. The summed E-state index contributed by atoms with van der Waals surface area (Å²) >= 11 is 0. The number of aromatic nitrogens is 1. The van der Waals surface area contributed by atoms with Crippen molar-refractivity contribution in [2.75, 3.05) is 0 Å². The second-order valence-electron chi connectivity index (χ2n) is 5.09. The van der Waals surface area contributed by atoms with Crippen molar-refractivity contribution in [1.82, 2.24) is 4.98 Å². The van der Waals surface area contributed by atoms with Gasteiger partial charge in [0, 0.05) is 29.9 Å². The van der Waals surface area contributed by atoms with Crippen molar-refractivity contribution in [2.45, 2.75) is 38.5 Å². The summed E-state index contributed by atoms with van der Waals surface area (Å²) in [6, 6.07) is 6.66. The van der Waals surface area contributed by atoms with Crippen molar-refractivity contribution in [3.63, 3.8) is 0 Å². The monoisotopic (exact) mass is 227 g/mol. The molecule has 1 aliphatic carbocycles. The third-order valence-electron chi connectivity index (χ3n) is 3.93. The van der Waals surface area contributed by atoms with E-state index in [4.69, 9.17) is 0 Å². The van der Waals surface area contributed by atoms with Crippen LogP contribution in [-0.2, 0) is 4.79 Å². The predicted octanol–water partition coefficient (Wildman–Crippen LogP) is 3.70. The SMILES string of the molecule is Cc1c[nH]c2ccc(C3CCC(=O)CC3)cc12. The van der Waals surface area contributed by atoms with E-state index in [0.717, 1.165) is 25.7 Å². The highest BCUT2D eigenvalue weighted by atomic mass is 16.1. The number of nitrogens with one attached hydrogen (secondary N) is 1. The number of aromatic amines is 1. The lowest BCUT2D eigenvalue weighted by molar-refractivity contribution is -0.120. The molecule has 1 aromatic carbocycles. The maximum Gasteiger partial charge on any atom is 0.132 e. The Hall–Kier alpha value is -1.57. The third-order valence-corrected chi connectivity index (χ3v) is 3.93. The lowest BCUT2D eigenvalue weighted by Gasteiger charge is -2.21. The number of hydrogen-bond donors (Lipinski definition) is 1. The molecule has 0 aliphatic heterocycles. The van der Waals surface area contributed by atoms with Crippen molar-refractivity contribution in [3.05, 3.63) is 35.5 Å². The van der Waals surface area contributed by atoms with Crippen LogP contribution in [0.4, 0.5) is 0 Å². The zero-order valence-corrected chi connectivity index (χ0v) is 10.1. The molecule has 17 heavy (non-hydrogen) atoms. The fourth-order valence-electron chi connectivity index (χ4n) is 2.80. The van der Waals surface area contributed by atoms with E-state index < -0.39 is 0 Å². The van der Waals surface area contributed by atoms with Gasteiger partial charge in [0.2, 0.25) is 0 Å². The standard InChI is InChI=1S/C15H17NO/c1-10-9-16-15-7-4-12(8-14(10)15)11-2-5-13(17)6-3-11/h4,7-9,11,16H,2-3,5-6H2,1H3. The zero-order valence-electron chi connectivity index (χ0n) is 10.1. The summed E-state index contributed by atoms with van der Waals surface area (Å²) in [7, 11) is 0. The van der Waals surface area contributed by atoms with Gasteiger partial charge in [-0.25, -0.2) is 0 Å². The van der Waals surface area contributed by atoms with Crippen LogP contribution in [0.5, 0.6) is 0 Å². The molecule has 88 valence electrons. The van der Waals surface area contributed by atoms with Crippen molar-refractivity contribution >= 4 is 16.7 Å². The quantitative estimate of drug-likeness (QED) is 0.791. The molecule has 2 aromatic rings. The zero-order chi connectivity index (χ0) is 11.8. The Morgan fingerprint density at radius 2 is 2.00 bits per heavy atom. The van der Waals surface area contributed by atoms with Crippen LogP contribution >= 0.6 is 0 Å². The molecule has 1 fully saturated rings. The number of benzene rings is 1. The van der Waals surface area contributed by atoms with Gasteiger partial charge < -0.3 is 4.98 Å². The maximum absolute atomic E-state index is 11.3. The molecule has 0 radical (unpaired) electrons. The van der Waals surface area contributed by atoms with Gasteiger partial charge in [-0.2, -0.15) is 0 Å². The lowest BCUT2D eigenvalue weighted by Crippen LogP contribution is -2.12. The number of carbonyl (C=O) groups excluding carboxylic acids is 1. The molecule has 1 aromatic heterocycles. The Morgan fingerprint density at radius 1 is 1.24 bits per heavy atom. The van der Waals surface area contributed by atoms with Gasteiger partial charge in [-0.15, -0.1) is 0 Å². The van der Waals surface area contributed by atoms with Gasteiger partial charge in [-0.3, -0.25) is 4.79 Å². The number of fused-ring (bicyclic) bond motifs is 1. The number of aryl methyl sites for hydroxylation is 1. The van der Waals surface area contributed by atoms with Gasteiger partial charge in [0.25, 0.3) is 0 Å². The molecular weight excluding hydrogens is 210 g/mol. The molecule has 1 heterocycles. The summed E-state index contributed by atoms with van der Waals surface area (Å²) < 4.78 is 0. The van der Waals surface area contributed by atoms with Crippen molar-refractivity contribution in [3.8, 4) is 0 Å². The van der Waals surface area contributed by atoms with Gasteiger partial charge >= 0.3 is 0 Å². The smallest absolute Gasteiger partial charge is 0.132 e. The predicted molar refractivity (Wildman–Crippen MR) is 69.3 cm³/mol. The fourth-order valence-corrected chi connectivity index (χ4v) is 2.80. The van der Waals surface area contributed by atoms with Crippen LogP contribution in [0.3, 0.4) is 0 Å². The molecule has 1 aliphatic rings. The third kappa shape index (κ3) is 1.88. The fraction of sp³-hybridized carbons (Fsp3) is 0.400. The van der Waals surface area contributed by atoms with Crippen molar-refractivity contribution in [2.24, 2.45) is 0 Å². The minimum atomic E-state index is 0.431. The normalized spacial score (nSPS) is 17.8. The van der Waals surface area contributed by atoms with E-state index in [0.29, 0.717) is 11.7 Å². The van der Waals surface area contributed by atoms with Crippen LogP contribution in [0.1, 0.15) is 42.7 Å². The molecule has 0 amide bonds. The van der Waals surface area contributed by atoms with E-state index >= 15 is 0 Å². The van der Waals surface area contributed by atoms with E-state index in [1.165, 1.54) is 22.0 Å². The highest BCUT2D eigenvalue weighted by Gasteiger charge is 2.20. The van der Waals surface area contributed by atoms with Gasteiger partial charge in [0.15, 0.2) is 0 Å². The summed E-state index contributed by atoms with van der Waals surface area (Å²) in [6.07, 6.45) is 5.62. The molecule has 0 unspecified atom stereocenters. The molecule has 0 spiro atoms. The summed E-state index contributed by atoms with van der Waals surface area (Å²) in [4.78, 5) is 14.5. The van der Waals surface area contributed by atoms with E-state index in [2.05, 4.69) is 36.3 Å². The number of hydrogen-bond acceptors (Lipinski definition) is 1. The molecule has 3 rings (SSSR count). The Balaban J connectivity index is 1.94. The minimum Gasteiger partial charge on any atom is -0.361 e. The van der Waals surface area contributed by atoms with Crippen molar-refractivity contribution in [1.29, 1.82) is 0 Å². The molecule has 0 saturated heterocycles. The van der Waals surface area contributed by atoms with Gasteiger partial charge in [0.05, 0.1) is 0 Å². The average molecular weight is 227 g/mol. The maximum atomic E-state index is 11.3. The average Bonchev–Trinajstić information content (AvgIpc) is 2.72. The van der Waals surface area contributed by atoms with Gasteiger partial charge in [-0.1, -0.05) is 6.07 Å².